The molecule has 1 heterocycles. The molecule has 0 spiro atoms. The van der Waals surface area contributed by atoms with Crippen LogP contribution in [0.4, 0.5) is 14.9 Å². The van der Waals surface area contributed by atoms with Gasteiger partial charge >= 0.3 is 12.1 Å². The number of carboxylic acid groups (broad SMARTS) is 1. The monoisotopic (exact) mass is 569 g/mol. The number of furan rings is 1. The lowest BCUT2D eigenvalue weighted by Crippen LogP contribution is -2.19. The van der Waals surface area contributed by atoms with Crippen LogP contribution < -0.4 is 5.32 Å². The van der Waals surface area contributed by atoms with Gasteiger partial charge in [0, 0.05) is 27.6 Å². The van der Waals surface area contributed by atoms with E-state index < -0.39 is 29.4 Å². The molecular formula is C33H25ClFNO5. The topological polar surface area (TPSA) is 88.8 Å². The molecule has 0 aliphatic heterocycles. The second-order valence-electron chi connectivity index (χ2n) is 10.2. The Bertz CT molecular complexity index is 1770. The first-order valence-electron chi connectivity index (χ1n) is 13.1. The van der Waals surface area contributed by atoms with Crippen LogP contribution in [0.1, 0.15) is 37.0 Å². The van der Waals surface area contributed by atoms with Crippen LogP contribution >= 0.6 is 11.6 Å². The van der Waals surface area contributed by atoms with Crippen LogP contribution in [0.3, 0.4) is 0 Å². The van der Waals surface area contributed by atoms with Crippen LogP contribution in [0, 0.1) is 5.82 Å². The van der Waals surface area contributed by atoms with E-state index in [2.05, 4.69) is 5.32 Å². The molecule has 206 valence electrons. The Kier molecular flexibility index (Phi) is 6.75. The summed E-state index contributed by atoms with van der Waals surface area (Å²) in [6, 6.07) is 26.3. The van der Waals surface area contributed by atoms with Gasteiger partial charge in [-0.3, -0.25) is 10.1 Å². The number of carbonyl (C=O) groups excluding carboxylic acids is 1. The highest BCUT2D eigenvalue weighted by molar-refractivity contribution is 6.31. The summed E-state index contributed by atoms with van der Waals surface area (Å²) in [5.74, 6) is -0.896. The fraction of sp³-hybridized carbons (Fsp3) is 0.152. The van der Waals surface area contributed by atoms with Crippen LogP contribution in [0.5, 0.6) is 0 Å². The highest BCUT2D eigenvalue weighted by Crippen LogP contribution is 2.48. The smallest absolute Gasteiger partial charge is 0.412 e. The zero-order chi connectivity index (χ0) is 28.7. The van der Waals surface area contributed by atoms with Crippen LogP contribution in [-0.2, 0) is 14.9 Å². The van der Waals surface area contributed by atoms with Gasteiger partial charge < -0.3 is 14.3 Å². The lowest BCUT2D eigenvalue weighted by Gasteiger charge is -2.15. The number of fused-ring (bicyclic) bond motifs is 1. The Morgan fingerprint density at radius 3 is 2.22 bits per heavy atom. The second-order valence-corrected chi connectivity index (χ2v) is 10.6. The number of carboxylic acids is 1. The Balaban J connectivity index is 1.27. The van der Waals surface area contributed by atoms with Crippen molar-refractivity contribution in [3.8, 4) is 22.5 Å². The number of carbonyl (C=O) groups is 2. The summed E-state index contributed by atoms with van der Waals surface area (Å²) in [7, 11) is 0. The number of rotatable bonds is 7. The summed E-state index contributed by atoms with van der Waals surface area (Å²) in [4.78, 5) is 24.6. The van der Waals surface area contributed by atoms with Gasteiger partial charge in [0.1, 0.15) is 17.5 Å². The predicted octanol–water partition coefficient (Wildman–Crippen LogP) is 8.99. The molecule has 2 N–H and O–H groups in total. The normalized spacial score (nSPS) is 14.4. The maximum Gasteiger partial charge on any atom is 0.412 e. The van der Waals surface area contributed by atoms with Gasteiger partial charge in [0.2, 0.25) is 0 Å². The van der Waals surface area contributed by atoms with Gasteiger partial charge in [-0.15, -0.1) is 0 Å². The minimum Gasteiger partial charge on any atom is -0.481 e. The summed E-state index contributed by atoms with van der Waals surface area (Å²) in [5.41, 5.74) is 3.89. The lowest BCUT2D eigenvalue weighted by atomic mass is 9.93. The molecule has 5 aromatic rings. The third-order valence-corrected chi connectivity index (χ3v) is 7.93. The van der Waals surface area contributed by atoms with Gasteiger partial charge in [-0.25, -0.2) is 9.18 Å². The summed E-state index contributed by atoms with van der Waals surface area (Å²) in [5, 5.41) is 13.4. The van der Waals surface area contributed by atoms with Crippen molar-refractivity contribution in [3.05, 3.63) is 113 Å². The van der Waals surface area contributed by atoms with E-state index in [1.807, 2.05) is 54.6 Å². The van der Waals surface area contributed by atoms with Crippen LogP contribution in [0.2, 0.25) is 5.02 Å². The summed E-state index contributed by atoms with van der Waals surface area (Å²) >= 11 is 6.26. The van der Waals surface area contributed by atoms with Crippen molar-refractivity contribution >= 4 is 40.3 Å². The third-order valence-electron chi connectivity index (χ3n) is 7.58. The van der Waals surface area contributed by atoms with E-state index in [1.165, 1.54) is 12.1 Å². The number of ether oxygens (including phenoxy) is 1. The third kappa shape index (κ3) is 5.05. The Morgan fingerprint density at radius 2 is 1.59 bits per heavy atom. The number of anilines is 1. The Labute approximate surface area is 240 Å². The molecule has 0 radical (unpaired) electrons. The summed E-state index contributed by atoms with van der Waals surface area (Å²) in [6.07, 6.45) is -0.0165. The van der Waals surface area contributed by atoms with E-state index in [1.54, 1.807) is 31.2 Å². The van der Waals surface area contributed by atoms with E-state index in [-0.39, 0.29) is 5.58 Å². The molecule has 1 fully saturated rings. The van der Waals surface area contributed by atoms with Gasteiger partial charge in [0.25, 0.3) is 0 Å². The first-order chi connectivity index (χ1) is 19.7. The van der Waals surface area contributed by atoms with Gasteiger partial charge in [-0.1, -0.05) is 78.3 Å². The van der Waals surface area contributed by atoms with Crippen molar-refractivity contribution in [1.29, 1.82) is 0 Å². The lowest BCUT2D eigenvalue weighted by molar-refractivity contribution is -0.140. The second kappa shape index (κ2) is 10.4. The highest BCUT2D eigenvalue weighted by atomic mass is 35.5. The number of benzene rings is 4. The van der Waals surface area contributed by atoms with E-state index in [0.717, 1.165) is 16.7 Å². The van der Waals surface area contributed by atoms with Crippen molar-refractivity contribution in [1.82, 2.24) is 0 Å². The fourth-order valence-corrected chi connectivity index (χ4v) is 5.39. The zero-order valence-electron chi connectivity index (χ0n) is 22.0. The van der Waals surface area contributed by atoms with Gasteiger partial charge in [-0.05, 0) is 54.7 Å². The van der Waals surface area contributed by atoms with Crippen molar-refractivity contribution in [3.63, 3.8) is 0 Å². The minimum atomic E-state index is -0.785. The number of hydrogen-bond acceptors (Lipinski definition) is 4. The fourth-order valence-electron chi connectivity index (χ4n) is 5.10. The van der Waals surface area contributed by atoms with Crippen LogP contribution in [0.25, 0.3) is 33.4 Å². The highest BCUT2D eigenvalue weighted by Gasteiger charge is 2.51. The number of aliphatic carboxylic acids is 1. The molecule has 0 unspecified atom stereocenters. The molecule has 1 atom stereocenters. The van der Waals surface area contributed by atoms with E-state index in [0.29, 0.717) is 45.8 Å². The predicted molar refractivity (Wildman–Crippen MR) is 156 cm³/mol. The molecule has 4 aromatic carbocycles. The number of nitrogens with one attached hydrogen (secondary N) is 1. The van der Waals surface area contributed by atoms with Gasteiger partial charge in [-0.2, -0.15) is 0 Å². The van der Waals surface area contributed by atoms with E-state index >= 15 is 0 Å². The van der Waals surface area contributed by atoms with Crippen LogP contribution in [0.15, 0.2) is 95.4 Å². The molecule has 6 rings (SSSR count). The van der Waals surface area contributed by atoms with Gasteiger partial charge in [0.05, 0.1) is 11.1 Å². The minimum absolute atomic E-state index is 0.279. The molecule has 1 amide bonds. The summed E-state index contributed by atoms with van der Waals surface area (Å²) in [6.45, 7) is 1.72. The van der Waals surface area contributed by atoms with Crippen molar-refractivity contribution in [2.24, 2.45) is 0 Å². The molecule has 1 aliphatic carbocycles. The molecule has 41 heavy (non-hydrogen) atoms. The van der Waals surface area contributed by atoms with E-state index in [9.17, 15) is 19.1 Å². The first kappa shape index (κ1) is 26.6. The number of halogens is 2. The average Bonchev–Trinajstić information content (AvgIpc) is 3.71. The average molecular weight is 570 g/mol. The largest absolute Gasteiger partial charge is 0.481 e. The van der Waals surface area contributed by atoms with Gasteiger partial charge in [0.15, 0.2) is 5.76 Å². The molecule has 1 aromatic heterocycles. The molecule has 6 nitrogen and oxygen atoms in total. The van der Waals surface area contributed by atoms with Crippen molar-refractivity contribution in [2.45, 2.75) is 31.3 Å². The maximum atomic E-state index is 14.0. The first-order valence-corrected chi connectivity index (χ1v) is 13.5. The molecule has 8 heteroatoms. The Morgan fingerprint density at radius 1 is 0.951 bits per heavy atom. The maximum absolute atomic E-state index is 14.0. The zero-order valence-corrected chi connectivity index (χ0v) is 22.7. The number of amides is 1. The number of hydrogen-bond donors (Lipinski definition) is 2. The van der Waals surface area contributed by atoms with Crippen LogP contribution in [-0.4, -0.2) is 17.2 Å². The summed E-state index contributed by atoms with van der Waals surface area (Å²) < 4.78 is 25.6. The Hall–Kier alpha value is -4.62. The molecule has 0 bridgehead atoms. The molecule has 1 saturated carbocycles. The molecular weight excluding hydrogens is 545 g/mol. The molecule has 1 aliphatic rings. The quantitative estimate of drug-likeness (QED) is 0.204. The standard InChI is InChI=1S/C33H25ClFNO5/c1-19(25-4-2-3-5-27(25)34)40-32(39)36-29-26-15-14-24(35)18-28(26)41-30(29)22-8-6-20(7-9-22)21-10-12-23(13-11-21)33(16-17-33)31(37)38/h2-15,18-19H,16-17H2,1H3,(H,36,39)(H,37,38)/t19-/m1/s1. The SMILES string of the molecule is C[C@@H](OC(=O)Nc1c(-c2ccc(-c3ccc(C4(C(=O)O)CC4)cc3)cc2)oc2cc(F)ccc12)c1ccccc1Cl. The van der Waals surface area contributed by atoms with Crippen molar-refractivity contribution in [2.75, 3.05) is 5.32 Å². The van der Waals surface area contributed by atoms with E-state index in [4.69, 9.17) is 20.8 Å². The van der Waals surface area contributed by atoms with Crippen molar-refractivity contribution < 1.29 is 28.2 Å². The molecule has 0 saturated heterocycles.